The van der Waals surface area contributed by atoms with Crippen molar-refractivity contribution in [2.24, 2.45) is 5.92 Å². The molecule has 1 aliphatic carbocycles. The summed E-state index contributed by atoms with van der Waals surface area (Å²) in [5.41, 5.74) is 3.54. The van der Waals surface area contributed by atoms with Crippen LogP contribution in [0, 0.1) is 18.7 Å². The van der Waals surface area contributed by atoms with Gasteiger partial charge in [-0.3, -0.25) is 4.98 Å². The second-order valence-electron chi connectivity index (χ2n) is 6.65. The Bertz CT molecular complexity index is 935. The maximum absolute atomic E-state index is 13.8. The Labute approximate surface area is 150 Å². The molecule has 0 atom stereocenters. The number of halogens is 1. The zero-order valence-electron chi connectivity index (χ0n) is 14.5. The number of benzene rings is 1. The average molecular weight is 353 g/mol. The molecule has 6 heteroatoms. The number of pyridine rings is 1. The van der Waals surface area contributed by atoms with Crippen molar-refractivity contribution in [2.75, 3.05) is 6.61 Å². The van der Waals surface area contributed by atoms with Crippen molar-refractivity contribution in [3.8, 4) is 28.4 Å². The minimum atomic E-state index is -0.335. The van der Waals surface area contributed by atoms with Crippen LogP contribution in [-0.2, 0) is 6.61 Å². The van der Waals surface area contributed by atoms with Crippen molar-refractivity contribution in [2.45, 2.75) is 26.4 Å². The zero-order valence-corrected chi connectivity index (χ0v) is 14.5. The Morgan fingerprint density at radius 3 is 2.88 bits per heavy atom. The predicted octanol–water partition coefficient (Wildman–Crippen LogP) is 3.87. The average Bonchev–Trinajstić information content (AvgIpc) is 3.40. The van der Waals surface area contributed by atoms with Crippen LogP contribution in [0.5, 0.6) is 5.75 Å². The molecule has 1 aliphatic rings. The molecule has 134 valence electrons. The molecule has 4 rings (SSSR count). The topological polar surface area (TPSA) is 71.0 Å². The van der Waals surface area contributed by atoms with Gasteiger partial charge in [0.25, 0.3) is 0 Å². The number of aliphatic hydroxyl groups excluding tert-OH is 1. The van der Waals surface area contributed by atoms with Gasteiger partial charge in [-0.05, 0) is 55.5 Å². The number of aromatic nitrogens is 3. The van der Waals surface area contributed by atoms with Gasteiger partial charge in [0.05, 0.1) is 24.6 Å². The molecular weight excluding hydrogens is 333 g/mol. The molecule has 0 spiro atoms. The highest BCUT2D eigenvalue weighted by Crippen LogP contribution is 2.37. The number of hydrogen-bond donors (Lipinski definition) is 2. The van der Waals surface area contributed by atoms with E-state index < -0.39 is 0 Å². The summed E-state index contributed by atoms with van der Waals surface area (Å²) in [5.74, 6) is 1.46. The third kappa shape index (κ3) is 3.46. The number of nitrogens with zero attached hydrogens (tertiary/aromatic N) is 2. The summed E-state index contributed by atoms with van der Waals surface area (Å²) in [6.45, 7) is 2.38. The first kappa shape index (κ1) is 16.7. The van der Waals surface area contributed by atoms with Crippen LogP contribution in [0.1, 0.15) is 24.2 Å². The largest absolute Gasteiger partial charge is 0.492 e. The van der Waals surface area contributed by atoms with Crippen molar-refractivity contribution >= 4 is 0 Å². The van der Waals surface area contributed by atoms with Crippen molar-refractivity contribution < 1.29 is 14.2 Å². The Kier molecular flexibility index (Phi) is 4.42. The molecule has 0 bridgehead atoms. The molecule has 1 fully saturated rings. The molecule has 3 aromatic rings. The summed E-state index contributed by atoms with van der Waals surface area (Å²) in [6.07, 6.45) is 3.97. The van der Waals surface area contributed by atoms with Crippen LogP contribution in [0.25, 0.3) is 22.6 Å². The van der Waals surface area contributed by atoms with E-state index in [4.69, 9.17) is 4.74 Å². The van der Waals surface area contributed by atoms with E-state index in [0.717, 1.165) is 35.5 Å². The second-order valence-corrected chi connectivity index (χ2v) is 6.65. The van der Waals surface area contributed by atoms with Crippen LogP contribution >= 0.6 is 0 Å². The minimum Gasteiger partial charge on any atom is -0.492 e. The van der Waals surface area contributed by atoms with E-state index in [0.29, 0.717) is 29.7 Å². The van der Waals surface area contributed by atoms with Gasteiger partial charge in [-0.25, -0.2) is 9.37 Å². The first-order valence-corrected chi connectivity index (χ1v) is 8.69. The molecule has 5 nitrogen and oxygen atoms in total. The number of hydrogen-bond acceptors (Lipinski definition) is 4. The number of aryl methyl sites for hydroxylation is 1. The minimum absolute atomic E-state index is 0.0689. The number of aliphatic hydroxyl groups is 1. The Balaban J connectivity index is 1.78. The summed E-state index contributed by atoms with van der Waals surface area (Å²) >= 11 is 0. The molecule has 0 unspecified atom stereocenters. The van der Waals surface area contributed by atoms with Crippen molar-refractivity contribution in [1.82, 2.24) is 15.0 Å². The maximum atomic E-state index is 13.8. The van der Waals surface area contributed by atoms with E-state index in [1.54, 1.807) is 24.4 Å². The molecule has 1 saturated carbocycles. The Morgan fingerprint density at radius 2 is 2.12 bits per heavy atom. The monoisotopic (exact) mass is 353 g/mol. The third-order valence-corrected chi connectivity index (χ3v) is 4.46. The first-order valence-electron chi connectivity index (χ1n) is 8.69. The molecule has 2 N–H and O–H groups in total. The number of rotatable bonds is 6. The van der Waals surface area contributed by atoms with Gasteiger partial charge >= 0.3 is 0 Å². The fourth-order valence-electron chi connectivity index (χ4n) is 2.89. The Morgan fingerprint density at radius 1 is 1.27 bits per heavy atom. The quantitative estimate of drug-likeness (QED) is 0.706. The van der Waals surface area contributed by atoms with Crippen molar-refractivity contribution in [1.29, 1.82) is 0 Å². The van der Waals surface area contributed by atoms with E-state index in [1.165, 1.54) is 12.1 Å². The van der Waals surface area contributed by atoms with E-state index in [1.807, 2.05) is 6.92 Å². The van der Waals surface area contributed by atoms with Gasteiger partial charge in [0.2, 0.25) is 0 Å². The lowest BCUT2D eigenvalue weighted by Crippen LogP contribution is -2.01. The molecule has 2 heterocycles. The summed E-state index contributed by atoms with van der Waals surface area (Å²) < 4.78 is 19.7. The van der Waals surface area contributed by atoms with Gasteiger partial charge < -0.3 is 14.8 Å². The van der Waals surface area contributed by atoms with Gasteiger partial charge in [-0.1, -0.05) is 0 Å². The van der Waals surface area contributed by atoms with Gasteiger partial charge in [0, 0.05) is 17.8 Å². The van der Waals surface area contributed by atoms with E-state index in [2.05, 4.69) is 15.0 Å². The lowest BCUT2D eigenvalue weighted by Gasteiger charge is -2.12. The zero-order chi connectivity index (χ0) is 18.1. The van der Waals surface area contributed by atoms with E-state index >= 15 is 0 Å². The van der Waals surface area contributed by atoms with Gasteiger partial charge in [0.15, 0.2) is 0 Å². The molecule has 0 amide bonds. The van der Waals surface area contributed by atoms with Crippen LogP contribution in [-0.4, -0.2) is 26.7 Å². The summed E-state index contributed by atoms with van der Waals surface area (Å²) in [7, 11) is 0. The highest BCUT2D eigenvalue weighted by Gasteiger charge is 2.24. The predicted molar refractivity (Wildman–Crippen MR) is 96.1 cm³/mol. The summed E-state index contributed by atoms with van der Waals surface area (Å²) in [5, 5.41) is 9.39. The van der Waals surface area contributed by atoms with Gasteiger partial charge in [0.1, 0.15) is 23.1 Å². The molecule has 0 aliphatic heterocycles. The van der Waals surface area contributed by atoms with E-state index in [9.17, 15) is 9.50 Å². The van der Waals surface area contributed by atoms with Gasteiger partial charge in [-0.15, -0.1) is 0 Å². The highest BCUT2D eigenvalue weighted by atomic mass is 19.1. The first-order chi connectivity index (χ1) is 12.6. The van der Waals surface area contributed by atoms with Gasteiger partial charge in [-0.2, -0.15) is 0 Å². The molecular formula is C20H20FN3O2. The standard InChI is InChI=1S/C20H20FN3O2/c1-12-23-19(20(24-12)17-8-14(10-25)6-7-22-17)16-5-4-15(21)9-18(16)26-11-13-2-3-13/h4-9,13,25H,2-3,10-11H2,1H3,(H,23,24). The number of imidazole rings is 1. The van der Waals surface area contributed by atoms with Crippen LogP contribution in [0.4, 0.5) is 4.39 Å². The van der Waals surface area contributed by atoms with Crippen LogP contribution < -0.4 is 4.74 Å². The fourth-order valence-corrected chi connectivity index (χ4v) is 2.89. The lowest BCUT2D eigenvalue weighted by molar-refractivity contribution is 0.282. The number of H-pyrrole nitrogens is 1. The number of aromatic amines is 1. The number of nitrogens with one attached hydrogen (secondary N) is 1. The third-order valence-electron chi connectivity index (χ3n) is 4.46. The number of ether oxygens (including phenoxy) is 1. The van der Waals surface area contributed by atoms with Crippen LogP contribution in [0.15, 0.2) is 36.5 Å². The molecule has 0 radical (unpaired) electrons. The van der Waals surface area contributed by atoms with Crippen molar-refractivity contribution in [3.63, 3.8) is 0 Å². The molecule has 1 aromatic carbocycles. The second kappa shape index (κ2) is 6.88. The molecule has 0 saturated heterocycles. The summed E-state index contributed by atoms with van der Waals surface area (Å²) in [6, 6.07) is 8.08. The van der Waals surface area contributed by atoms with Crippen LogP contribution in [0.3, 0.4) is 0 Å². The smallest absolute Gasteiger partial charge is 0.131 e. The Hall–Kier alpha value is -2.73. The lowest BCUT2D eigenvalue weighted by atomic mass is 10.1. The molecule has 2 aromatic heterocycles. The normalized spacial score (nSPS) is 13.8. The maximum Gasteiger partial charge on any atom is 0.131 e. The van der Waals surface area contributed by atoms with Crippen molar-refractivity contribution in [3.05, 3.63) is 53.7 Å². The SMILES string of the molecule is Cc1nc(-c2cc(CO)ccn2)c(-c2ccc(F)cc2OCC2CC2)[nH]1. The molecule has 26 heavy (non-hydrogen) atoms. The highest BCUT2D eigenvalue weighted by molar-refractivity contribution is 5.80. The van der Waals surface area contributed by atoms with E-state index in [-0.39, 0.29) is 12.4 Å². The summed E-state index contributed by atoms with van der Waals surface area (Å²) in [4.78, 5) is 12.2. The van der Waals surface area contributed by atoms with Crippen LogP contribution in [0.2, 0.25) is 0 Å². The fraction of sp³-hybridized carbons (Fsp3) is 0.300.